The highest BCUT2D eigenvalue weighted by Crippen LogP contribution is 2.42. The predicted octanol–water partition coefficient (Wildman–Crippen LogP) is 6.90. The van der Waals surface area contributed by atoms with Gasteiger partial charge in [0.25, 0.3) is 0 Å². The molecule has 2 atom stereocenters. The Morgan fingerprint density at radius 2 is 1.82 bits per heavy atom. The number of aromatic amines is 1. The molecule has 7 nitrogen and oxygen atoms in total. The van der Waals surface area contributed by atoms with Crippen LogP contribution in [0.4, 0.5) is 4.79 Å². The van der Waals surface area contributed by atoms with Crippen molar-refractivity contribution >= 4 is 40.2 Å². The van der Waals surface area contributed by atoms with Crippen LogP contribution in [0, 0.1) is 0 Å². The molecule has 1 aliphatic heterocycles. The molecule has 3 aromatic rings. The van der Waals surface area contributed by atoms with Crippen molar-refractivity contribution in [1.82, 2.24) is 14.8 Å². The normalized spacial score (nSPS) is 17.9. The van der Waals surface area contributed by atoms with Crippen LogP contribution in [0.1, 0.15) is 44.0 Å². The minimum atomic E-state index is -0.552. The lowest BCUT2D eigenvalue weighted by molar-refractivity contribution is 0.0427. The first kappa shape index (κ1) is 28.6. The third kappa shape index (κ3) is 6.33. The Kier molecular flexibility index (Phi) is 9.06. The van der Waals surface area contributed by atoms with Gasteiger partial charge in [0.2, 0.25) is 0 Å². The van der Waals surface area contributed by atoms with E-state index in [1.54, 1.807) is 29.2 Å². The molecule has 2 aliphatic rings. The minimum absolute atomic E-state index is 0.251. The maximum atomic E-state index is 13.5. The summed E-state index contributed by atoms with van der Waals surface area (Å²) in [5.41, 5.74) is 4.23. The van der Waals surface area contributed by atoms with Crippen LogP contribution in [0.2, 0.25) is 10.0 Å². The van der Waals surface area contributed by atoms with E-state index < -0.39 is 12.2 Å². The number of amides is 1. The van der Waals surface area contributed by atoms with E-state index in [0.717, 1.165) is 41.0 Å². The number of rotatable bonds is 9. The Labute approximate surface area is 245 Å². The third-order valence-corrected chi connectivity index (χ3v) is 8.15. The standard InChI is InChI=1S/C31H35Cl2N3O4/c1-3-35(4-2)18-23(37)19-39-24-10-5-20(6-11-24)30-29-26(27-17-22(33)9-14-28(27)34-29)15-16-36(30)31(38)40-25-12-7-21(32)8-13-25/h5,7-10,12-14,17,23,30,34,37H,3-4,6,11,15-16,18-19H2,1-2H3. The number of aliphatic hydroxyl groups excluding tert-OH is 1. The highest BCUT2D eigenvalue weighted by molar-refractivity contribution is 6.31. The molecule has 0 bridgehead atoms. The molecule has 0 radical (unpaired) electrons. The van der Waals surface area contributed by atoms with Gasteiger partial charge in [-0.05, 0) is 85.6 Å². The number of H-pyrrole nitrogens is 1. The molecule has 40 heavy (non-hydrogen) atoms. The number of fused-ring (bicyclic) bond motifs is 3. The maximum Gasteiger partial charge on any atom is 0.416 e. The van der Waals surface area contributed by atoms with Crippen molar-refractivity contribution in [2.75, 3.05) is 32.8 Å². The lowest BCUT2D eigenvalue weighted by Gasteiger charge is -2.37. The highest BCUT2D eigenvalue weighted by Gasteiger charge is 2.37. The van der Waals surface area contributed by atoms with Gasteiger partial charge in [-0.1, -0.05) is 43.1 Å². The van der Waals surface area contributed by atoms with Crippen LogP contribution in [0.3, 0.4) is 0 Å². The van der Waals surface area contributed by atoms with Crippen LogP contribution in [0.5, 0.6) is 5.75 Å². The van der Waals surface area contributed by atoms with Gasteiger partial charge in [0.15, 0.2) is 0 Å². The fourth-order valence-corrected chi connectivity index (χ4v) is 5.82. The van der Waals surface area contributed by atoms with Gasteiger partial charge in [0.05, 0.1) is 11.8 Å². The van der Waals surface area contributed by atoms with Crippen LogP contribution in [-0.4, -0.2) is 64.9 Å². The quantitative estimate of drug-likeness (QED) is 0.286. The molecule has 0 spiro atoms. The zero-order valence-electron chi connectivity index (χ0n) is 22.8. The van der Waals surface area contributed by atoms with Crippen molar-refractivity contribution in [3.63, 3.8) is 0 Å². The summed E-state index contributed by atoms with van der Waals surface area (Å²) in [6, 6.07) is 12.3. The number of nitrogens with zero attached hydrogens (tertiary/aromatic N) is 2. The largest absolute Gasteiger partial charge is 0.495 e. The van der Waals surface area contributed by atoms with Crippen molar-refractivity contribution in [3.8, 4) is 5.75 Å². The molecular weight excluding hydrogens is 549 g/mol. The Morgan fingerprint density at radius 3 is 2.52 bits per heavy atom. The average molecular weight is 585 g/mol. The van der Waals surface area contributed by atoms with Crippen molar-refractivity contribution < 1.29 is 19.4 Å². The molecule has 212 valence electrons. The SMILES string of the molecule is CCN(CC)CC(O)COC1=CC=C(C2c3[nH]c4ccc(Cl)cc4c3CCN2C(=O)Oc2ccc(Cl)cc2)CC1. The number of halogens is 2. The van der Waals surface area contributed by atoms with Crippen molar-refractivity contribution in [3.05, 3.63) is 87.3 Å². The number of allylic oxidation sites excluding steroid dienone is 3. The number of aliphatic hydroxyl groups is 1. The first-order chi connectivity index (χ1) is 19.4. The number of benzene rings is 2. The van der Waals surface area contributed by atoms with E-state index in [4.69, 9.17) is 32.7 Å². The van der Waals surface area contributed by atoms with E-state index in [1.165, 1.54) is 5.56 Å². The summed E-state index contributed by atoms with van der Waals surface area (Å²) in [5, 5.41) is 12.7. The first-order valence-corrected chi connectivity index (χ1v) is 14.6. The molecule has 1 aromatic heterocycles. The summed E-state index contributed by atoms with van der Waals surface area (Å²) in [4.78, 5) is 21.0. The second kappa shape index (κ2) is 12.7. The smallest absolute Gasteiger partial charge is 0.416 e. The fraction of sp³-hybridized carbons (Fsp3) is 0.387. The van der Waals surface area contributed by atoms with Gasteiger partial charge in [0.1, 0.15) is 18.5 Å². The number of nitrogens with one attached hydrogen (secondary N) is 1. The Morgan fingerprint density at radius 1 is 1.07 bits per heavy atom. The van der Waals surface area contributed by atoms with Crippen molar-refractivity contribution in [2.24, 2.45) is 0 Å². The number of ether oxygens (including phenoxy) is 2. The van der Waals surface area contributed by atoms with Gasteiger partial charge >= 0.3 is 6.09 Å². The van der Waals surface area contributed by atoms with Gasteiger partial charge in [-0.3, -0.25) is 4.90 Å². The van der Waals surface area contributed by atoms with Crippen LogP contribution in [0.15, 0.2) is 65.9 Å². The van der Waals surface area contributed by atoms with E-state index in [1.807, 2.05) is 30.4 Å². The number of carbonyl (C=O) groups excluding carboxylic acids is 1. The zero-order chi connectivity index (χ0) is 28.2. The Balaban J connectivity index is 1.40. The maximum absolute atomic E-state index is 13.5. The molecule has 1 aliphatic carbocycles. The topological polar surface area (TPSA) is 78.0 Å². The van der Waals surface area contributed by atoms with Gasteiger partial charge in [-0.15, -0.1) is 0 Å². The molecular formula is C31H35Cl2N3O4. The molecule has 0 saturated heterocycles. The molecule has 2 heterocycles. The number of hydrogen-bond acceptors (Lipinski definition) is 5. The van der Waals surface area contributed by atoms with Gasteiger partial charge in [0, 0.05) is 46.2 Å². The van der Waals surface area contributed by atoms with Gasteiger partial charge in [-0.2, -0.15) is 0 Å². The highest BCUT2D eigenvalue weighted by atomic mass is 35.5. The summed E-state index contributed by atoms with van der Waals surface area (Å²) in [7, 11) is 0. The van der Waals surface area contributed by atoms with Crippen molar-refractivity contribution in [2.45, 2.75) is 45.3 Å². The first-order valence-electron chi connectivity index (χ1n) is 13.8. The molecule has 9 heteroatoms. The van der Waals surface area contributed by atoms with Gasteiger partial charge in [-0.25, -0.2) is 4.79 Å². The third-order valence-electron chi connectivity index (χ3n) is 7.66. The lowest BCUT2D eigenvalue weighted by atomic mass is 9.88. The van der Waals surface area contributed by atoms with E-state index in [-0.39, 0.29) is 12.6 Å². The second-order valence-corrected chi connectivity index (χ2v) is 11.1. The number of hydrogen-bond donors (Lipinski definition) is 2. The summed E-state index contributed by atoms with van der Waals surface area (Å²) in [6.45, 7) is 7.29. The Bertz CT molecular complexity index is 1410. The number of carbonyl (C=O) groups is 1. The Hall–Kier alpha value is -2.97. The molecule has 0 saturated carbocycles. The van der Waals surface area contributed by atoms with Crippen molar-refractivity contribution in [1.29, 1.82) is 0 Å². The molecule has 2 unspecified atom stereocenters. The zero-order valence-corrected chi connectivity index (χ0v) is 24.3. The van der Waals surface area contributed by atoms with Gasteiger partial charge < -0.3 is 24.5 Å². The summed E-state index contributed by atoms with van der Waals surface area (Å²) in [5.74, 6) is 1.27. The fourth-order valence-electron chi connectivity index (χ4n) is 5.52. The van der Waals surface area contributed by atoms with E-state index in [2.05, 4.69) is 23.7 Å². The molecule has 2 N–H and O–H groups in total. The van der Waals surface area contributed by atoms with E-state index in [9.17, 15) is 9.90 Å². The van der Waals surface area contributed by atoms with Crippen LogP contribution in [0.25, 0.3) is 10.9 Å². The monoisotopic (exact) mass is 583 g/mol. The van der Waals surface area contributed by atoms with Crippen LogP contribution >= 0.6 is 23.2 Å². The minimum Gasteiger partial charge on any atom is -0.495 e. The predicted molar refractivity (Wildman–Crippen MR) is 159 cm³/mol. The van der Waals surface area contributed by atoms with E-state index >= 15 is 0 Å². The molecule has 1 amide bonds. The van der Waals surface area contributed by atoms with Crippen LogP contribution < -0.4 is 4.74 Å². The van der Waals surface area contributed by atoms with E-state index in [0.29, 0.717) is 48.1 Å². The summed E-state index contributed by atoms with van der Waals surface area (Å²) < 4.78 is 11.7. The summed E-state index contributed by atoms with van der Waals surface area (Å²) in [6.07, 6.45) is 5.11. The van der Waals surface area contributed by atoms with Crippen LogP contribution in [-0.2, 0) is 11.2 Å². The lowest BCUT2D eigenvalue weighted by Crippen LogP contribution is -2.42. The molecule has 0 fully saturated rings. The molecule has 5 rings (SSSR count). The number of aromatic nitrogens is 1. The second-order valence-electron chi connectivity index (χ2n) is 10.2. The molecule has 2 aromatic carbocycles. The average Bonchev–Trinajstić information content (AvgIpc) is 3.33. The number of likely N-dealkylation sites (N-methyl/N-ethyl adjacent to an activating group) is 1. The summed E-state index contributed by atoms with van der Waals surface area (Å²) >= 11 is 12.3.